The third-order valence-corrected chi connectivity index (χ3v) is 6.02. The lowest BCUT2D eigenvalue weighted by molar-refractivity contribution is 0.639. The largest absolute Gasteiger partial charge is 0.306 e. The summed E-state index contributed by atoms with van der Waals surface area (Å²) < 4.78 is 0. The highest BCUT2D eigenvalue weighted by Crippen LogP contribution is 2.36. The van der Waals surface area contributed by atoms with Gasteiger partial charge in [-0.3, -0.25) is 0 Å². The molecule has 1 aromatic carbocycles. The van der Waals surface area contributed by atoms with Crippen LogP contribution in [0.5, 0.6) is 0 Å². The van der Waals surface area contributed by atoms with Gasteiger partial charge in [-0.15, -0.1) is 11.3 Å². The first kappa shape index (κ1) is 14.2. The molecule has 1 nitrogen and oxygen atoms in total. The number of hydrogen-bond acceptors (Lipinski definition) is 3. The number of thioether (sulfide) groups is 1. The van der Waals surface area contributed by atoms with Gasteiger partial charge in [0.15, 0.2) is 0 Å². The molecule has 0 bridgehead atoms. The highest BCUT2D eigenvalue weighted by molar-refractivity contribution is 7.98. The predicted molar refractivity (Wildman–Crippen MR) is 90.9 cm³/mol. The summed E-state index contributed by atoms with van der Waals surface area (Å²) in [5.41, 5.74) is 4.29. The van der Waals surface area contributed by atoms with Crippen molar-refractivity contribution in [3.05, 3.63) is 56.8 Å². The quantitative estimate of drug-likeness (QED) is 0.889. The minimum absolute atomic E-state index is 0.348. The van der Waals surface area contributed by atoms with Crippen molar-refractivity contribution in [2.75, 3.05) is 12.3 Å². The van der Waals surface area contributed by atoms with Crippen LogP contribution in [0.15, 0.2) is 30.3 Å². The van der Waals surface area contributed by atoms with Gasteiger partial charge in [-0.05, 0) is 42.8 Å². The Morgan fingerprint density at radius 1 is 1.30 bits per heavy atom. The van der Waals surface area contributed by atoms with E-state index in [1.165, 1.54) is 33.9 Å². The van der Waals surface area contributed by atoms with E-state index in [0.29, 0.717) is 6.04 Å². The number of nitrogens with one attached hydrogen (secondary N) is 1. The van der Waals surface area contributed by atoms with Crippen molar-refractivity contribution < 1.29 is 0 Å². The fourth-order valence-electron chi connectivity index (χ4n) is 2.75. The van der Waals surface area contributed by atoms with Gasteiger partial charge in [-0.1, -0.05) is 36.8 Å². The highest BCUT2D eigenvalue weighted by atomic mass is 32.2. The van der Waals surface area contributed by atoms with Gasteiger partial charge in [0.2, 0.25) is 0 Å². The van der Waals surface area contributed by atoms with Gasteiger partial charge in [-0.25, -0.2) is 0 Å². The summed E-state index contributed by atoms with van der Waals surface area (Å²) in [5.74, 6) is 2.47. The van der Waals surface area contributed by atoms with Crippen molar-refractivity contribution >= 4 is 23.1 Å². The van der Waals surface area contributed by atoms with Crippen LogP contribution in [0, 0.1) is 6.92 Å². The number of aryl methyl sites for hydroxylation is 2. The van der Waals surface area contributed by atoms with Crippen molar-refractivity contribution in [2.24, 2.45) is 0 Å². The maximum absolute atomic E-state index is 3.66. The van der Waals surface area contributed by atoms with Crippen molar-refractivity contribution in [2.45, 2.75) is 32.1 Å². The molecule has 0 amide bonds. The molecule has 2 heterocycles. The Balaban J connectivity index is 1.95. The molecule has 1 N–H and O–H groups in total. The molecule has 0 radical (unpaired) electrons. The second-order valence-electron chi connectivity index (χ2n) is 5.30. The van der Waals surface area contributed by atoms with Crippen LogP contribution in [-0.2, 0) is 12.2 Å². The van der Waals surface area contributed by atoms with Crippen LogP contribution in [0.25, 0.3) is 0 Å². The van der Waals surface area contributed by atoms with Crippen LogP contribution < -0.4 is 5.32 Å². The molecule has 0 saturated heterocycles. The number of thiophene rings is 1. The third kappa shape index (κ3) is 2.95. The second-order valence-corrected chi connectivity index (χ2v) is 7.58. The molecule has 3 rings (SSSR count). The molecule has 0 fully saturated rings. The number of fused-ring (bicyclic) bond motifs is 1. The molecule has 0 aliphatic carbocycles. The Bertz CT molecular complexity index is 565. The molecule has 0 spiro atoms. The molecule has 20 heavy (non-hydrogen) atoms. The zero-order valence-electron chi connectivity index (χ0n) is 12.1. The topological polar surface area (TPSA) is 12.0 Å². The minimum atomic E-state index is 0.348. The van der Waals surface area contributed by atoms with Gasteiger partial charge in [0.25, 0.3) is 0 Å². The fraction of sp³-hybridized carbons (Fsp3) is 0.412. The van der Waals surface area contributed by atoms with Gasteiger partial charge >= 0.3 is 0 Å². The van der Waals surface area contributed by atoms with Crippen molar-refractivity contribution in [1.82, 2.24) is 5.32 Å². The summed E-state index contributed by atoms with van der Waals surface area (Å²) in [6, 6.07) is 11.7. The normalized spacial score (nSPS) is 15.9. The highest BCUT2D eigenvalue weighted by Gasteiger charge is 2.20. The summed E-state index contributed by atoms with van der Waals surface area (Å²) in [5, 5.41) is 3.66. The Morgan fingerprint density at radius 2 is 2.20 bits per heavy atom. The molecular weight excluding hydrogens is 282 g/mol. The van der Waals surface area contributed by atoms with Crippen molar-refractivity contribution in [1.29, 1.82) is 0 Å². The van der Waals surface area contributed by atoms with Crippen LogP contribution in [-0.4, -0.2) is 12.3 Å². The van der Waals surface area contributed by atoms with Gasteiger partial charge in [-0.2, -0.15) is 11.8 Å². The lowest BCUT2D eigenvalue weighted by Gasteiger charge is -2.17. The number of benzene rings is 1. The van der Waals surface area contributed by atoms with E-state index in [4.69, 9.17) is 0 Å². The average Bonchev–Trinajstić information content (AvgIpc) is 2.88. The van der Waals surface area contributed by atoms with Crippen LogP contribution in [0.2, 0.25) is 0 Å². The average molecular weight is 303 g/mol. The van der Waals surface area contributed by atoms with Gasteiger partial charge < -0.3 is 5.32 Å². The molecule has 1 aromatic heterocycles. The predicted octanol–water partition coefficient (Wildman–Crippen LogP) is 4.54. The molecule has 2 aromatic rings. The van der Waals surface area contributed by atoms with Crippen LogP contribution >= 0.6 is 23.1 Å². The Morgan fingerprint density at radius 3 is 2.95 bits per heavy atom. The van der Waals surface area contributed by atoms with Crippen molar-refractivity contribution in [3.63, 3.8) is 0 Å². The van der Waals surface area contributed by atoms with Gasteiger partial charge in [0.1, 0.15) is 0 Å². The first-order chi connectivity index (χ1) is 9.78. The molecule has 3 heteroatoms. The van der Waals surface area contributed by atoms with E-state index in [-0.39, 0.29) is 0 Å². The molecule has 1 atom stereocenters. The first-order valence-electron chi connectivity index (χ1n) is 7.27. The van der Waals surface area contributed by atoms with Crippen LogP contribution in [0.3, 0.4) is 0 Å². The van der Waals surface area contributed by atoms with E-state index < -0.39 is 0 Å². The summed E-state index contributed by atoms with van der Waals surface area (Å²) in [4.78, 5) is 3.08. The molecule has 1 aliphatic rings. The van der Waals surface area contributed by atoms with E-state index in [0.717, 1.165) is 6.54 Å². The van der Waals surface area contributed by atoms with Gasteiger partial charge in [0.05, 0.1) is 6.04 Å². The standard InChI is InChI=1S/C17H21NS2/c1-3-18-17(13-6-4-5-12(2)9-13)16-10-14-11-19-8-7-15(14)20-16/h4-6,9-10,17-18H,3,7-8,11H2,1-2H3. The van der Waals surface area contributed by atoms with E-state index in [1.807, 2.05) is 11.3 Å². The third-order valence-electron chi connectivity index (χ3n) is 3.71. The van der Waals surface area contributed by atoms with Gasteiger partial charge in [0, 0.05) is 15.5 Å². The molecule has 0 saturated carbocycles. The van der Waals surface area contributed by atoms with E-state index >= 15 is 0 Å². The zero-order chi connectivity index (χ0) is 13.9. The molecule has 1 aliphatic heterocycles. The molecular formula is C17H21NS2. The zero-order valence-corrected chi connectivity index (χ0v) is 13.7. The number of hydrogen-bond donors (Lipinski definition) is 1. The maximum Gasteiger partial charge on any atom is 0.0671 e. The van der Waals surface area contributed by atoms with E-state index in [2.05, 4.69) is 61.3 Å². The van der Waals surface area contributed by atoms with E-state index in [1.54, 1.807) is 10.4 Å². The van der Waals surface area contributed by atoms with Crippen LogP contribution in [0.4, 0.5) is 0 Å². The molecule has 106 valence electrons. The summed E-state index contributed by atoms with van der Waals surface area (Å²) in [6.45, 7) is 5.35. The second kappa shape index (κ2) is 6.33. The Labute approximate surface area is 129 Å². The SMILES string of the molecule is CCNC(c1cccc(C)c1)c1cc2c(s1)CCSC2. The summed E-state index contributed by atoms with van der Waals surface area (Å²) >= 11 is 4.07. The minimum Gasteiger partial charge on any atom is -0.306 e. The fourth-order valence-corrected chi connectivity index (χ4v) is 5.23. The smallest absolute Gasteiger partial charge is 0.0671 e. The maximum atomic E-state index is 3.66. The lowest BCUT2D eigenvalue weighted by atomic mass is 10.0. The summed E-state index contributed by atoms with van der Waals surface area (Å²) in [7, 11) is 0. The molecule has 1 unspecified atom stereocenters. The number of rotatable bonds is 4. The Kier molecular flexibility index (Phi) is 4.49. The Hall–Kier alpha value is -0.770. The lowest BCUT2D eigenvalue weighted by Crippen LogP contribution is -2.21. The van der Waals surface area contributed by atoms with Crippen molar-refractivity contribution in [3.8, 4) is 0 Å². The summed E-state index contributed by atoms with van der Waals surface area (Å²) in [6.07, 6.45) is 1.25. The monoisotopic (exact) mass is 303 g/mol. The van der Waals surface area contributed by atoms with Crippen LogP contribution in [0.1, 0.15) is 39.4 Å². The van der Waals surface area contributed by atoms with E-state index in [9.17, 15) is 0 Å². The first-order valence-corrected chi connectivity index (χ1v) is 9.24.